The normalized spacial score (nSPS) is 10.1. The second kappa shape index (κ2) is 5.31. The molecule has 0 radical (unpaired) electrons. The van der Waals surface area contributed by atoms with E-state index in [1.165, 1.54) is 18.2 Å². The van der Waals surface area contributed by atoms with Crippen LogP contribution in [0.4, 0.5) is 10.1 Å². The van der Waals surface area contributed by atoms with Crippen molar-refractivity contribution in [2.75, 3.05) is 5.32 Å². The van der Waals surface area contributed by atoms with Crippen LogP contribution in [0.3, 0.4) is 0 Å². The molecule has 92 valence electrons. The van der Waals surface area contributed by atoms with E-state index in [0.717, 1.165) is 0 Å². The van der Waals surface area contributed by atoms with Gasteiger partial charge in [-0.05, 0) is 18.2 Å². The number of hydrogen-bond acceptors (Lipinski definition) is 2. The van der Waals surface area contributed by atoms with Gasteiger partial charge >= 0.3 is 0 Å². The van der Waals surface area contributed by atoms with Crippen LogP contribution < -0.4 is 5.32 Å². The molecule has 0 unspecified atom stereocenters. The lowest BCUT2D eigenvalue weighted by atomic mass is 10.1. The van der Waals surface area contributed by atoms with Gasteiger partial charge in [0.25, 0.3) is 0 Å². The van der Waals surface area contributed by atoms with Crippen molar-refractivity contribution in [3.63, 3.8) is 0 Å². The number of anilines is 1. The molecule has 4 heteroatoms. The lowest BCUT2D eigenvalue weighted by Gasteiger charge is -2.07. The first-order chi connectivity index (χ1) is 8.66. The molecule has 3 nitrogen and oxygen atoms in total. The monoisotopic (exact) mass is 245 g/mol. The number of phenolic OH excluding ortho intramolecular Hbond substituents is 1. The summed E-state index contributed by atoms with van der Waals surface area (Å²) >= 11 is 0. The van der Waals surface area contributed by atoms with Gasteiger partial charge in [-0.15, -0.1) is 0 Å². The molecule has 0 heterocycles. The van der Waals surface area contributed by atoms with Crippen LogP contribution in [0.15, 0.2) is 48.5 Å². The number of aromatic hydroxyl groups is 1. The minimum Gasteiger partial charge on any atom is -0.508 e. The number of amides is 1. The van der Waals surface area contributed by atoms with E-state index in [9.17, 15) is 14.3 Å². The van der Waals surface area contributed by atoms with Crippen LogP contribution in [-0.2, 0) is 11.2 Å². The van der Waals surface area contributed by atoms with Crippen molar-refractivity contribution >= 4 is 11.6 Å². The zero-order valence-electron chi connectivity index (χ0n) is 9.56. The topological polar surface area (TPSA) is 49.3 Å². The molecule has 0 bridgehead atoms. The molecule has 0 fully saturated rings. The Bertz CT molecular complexity index is 520. The van der Waals surface area contributed by atoms with E-state index in [2.05, 4.69) is 5.32 Å². The Morgan fingerprint density at radius 1 is 1.11 bits per heavy atom. The highest BCUT2D eigenvalue weighted by Gasteiger charge is 2.09. The second-order valence-corrected chi connectivity index (χ2v) is 3.83. The molecule has 0 spiro atoms. The number of hydrogen-bond donors (Lipinski definition) is 2. The Hall–Kier alpha value is -2.36. The van der Waals surface area contributed by atoms with Crippen molar-refractivity contribution in [3.8, 4) is 5.75 Å². The molecular formula is C14H12FNO2. The summed E-state index contributed by atoms with van der Waals surface area (Å²) in [7, 11) is 0. The first-order valence-corrected chi connectivity index (χ1v) is 5.48. The first kappa shape index (κ1) is 12.1. The van der Waals surface area contributed by atoms with Crippen LogP contribution in [-0.4, -0.2) is 11.0 Å². The molecule has 0 aliphatic rings. The summed E-state index contributed by atoms with van der Waals surface area (Å²) in [5.74, 6) is -0.800. The second-order valence-electron chi connectivity index (χ2n) is 3.83. The fraction of sp³-hybridized carbons (Fsp3) is 0.0714. The number of benzene rings is 2. The molecule has 0 aliphatic carbocycles. The van der Waals surface area contributed by atoms with Crippen molar-refractivity contribution in [3.05, 3.63) is 59.9 Å². The number of carbonyl (C=O) groups excluding carboxylic acids is 1. The molecule has 18 heavy (non-hydrogen) atoms. The van der Waals surface area contributed by atoms with Gasteiger partial charge < -0.3 is 10.4 Å². The maximum Gasteiger partial charge on any atom is 0.229 e. The number of carbonyl (C=O) groups is 1. The van der Waals surface area contributed by atoms with Gasteiger partial charge in [-0.25, -0.2) is 4.39 Å². The minimum atomic E-state index is -0.483. The summed E-state index contributed by atoms with van der Waals surface area (Å²) in [5.41, 5.74) is 0.643. The molecule has 0 saturated carbocycles. The van der Waals surface area contributed by atoms with E-state index in [0.29, 0.717) is 5.56 Å². The van der Waals surface area contributed by atoms with E-state index in [1.807, 2.05) is 0 Å². The Morgan fingerprint density at radius 3 is 2.50 bits per heavy atom. The summed E-state index contributed by atoms with van der Waals surface area (Å²) in [4.78, 5) is 11.7. The summed E-state index contributed by atoms with van der Waals surface area (Å²) in [6.45, 7) is 0. The maximum absolute atomic E-state index is 13.3. The van der Waals surface area contributed by atoms with Crippen LogP contribution in [0.5, 0.6) is 5.75 Å². The fourth-order valence-corrected chi connectivity index (χ4v) is 1.59. The summed E-state index contributed by atoms with van der Waals surface area (Å²) in [5, 5.41) is 12.0. The zero-order chi connectivity index (χ0) is 13.0. The predicted octanol–water partition coefficient (Wildman–Crippen LogP) is 2.71. The molecule has 2 aromatic rings. The van der Waals surface area contributed by atoms with Crippen LogP contribution in [0.2, 0.25) is 0 Å². The highest BCUT2D eigenvalue weighted by molar-refractivity contribution is 5.92. The molecule has 0 saturated heterocycles. The van der Waals surface area contributed by atoms with E-state index in [1.54, 1.807) is 30.3 Å². The smallest absolute Gasteiger partial charge is 0.229 e. The summed E-state index contributed by atoms with van der Waals surface area (Å²) in [6.07, 6.45) is 0.001000. The zero-order valence-corrected chi connectivity index (χ0v) is 9.56. The van der Waals surface area contributed by atoms with Gasteiger partial charge in [0.2, 0.25) is 5.91 Å². The Morgan fingerprint density at radius 2 is 1.78 bits per heavy atom. The molecule has 0 aromatic heterocycles. The first-order valence-electron chi connectivity index (χ1n) is 5.48. The predicted molar refractivity (Wildman–Crippen MR) is 66.8 cm³/mol. The third kappa shape index (κ3) is 2.85. The van der Waals surface area contributed by atoms with E-state index in [4.69, 9.17) is 0 Å². The molecule has 0 atom stereocenters. The van der Waals surface area contributed by atoms with Gasteiger partial charge in [-0.2, -0.15) is 0 Å². The van der Waals surface area contributed by atoms with Gasteiger partial charge in [0.1, 0.15) is 11.6 Å². The van der Waals surface area contributed by atoms with Gasteiger partial charge in [0.15, 0.2) is 0 Å². The van der Waals surface area contributed by atoms with Crippen molar-refractivity contribution in [1.82, 2.24) is 0 Å². The third-order valence-electron chi connectivity index (χ3n) is 2.49. The minimum absolute atomic E-state index is 0.001000. The van der Waals surface area contributed by atoms with E-state index in [-0.39, 0.29) is 23.8 Å². The van der Waals surface area contributed by atoms with Gasteiger partial charge in [0, 0.05) is 5.56 Å². The number of nitrogens with one attached hydrogen (secondary N) is 1. The van der Waals surface area contributed by atoms with Crippen molar-refractivity contribution in [2.45, 2.75) is 6.42 Å². The van der Waals surface area contributed by atoms with Crippen LogP contribution in [0.25, 0.3) is 0 Å². The van der Waals surface area contributed by atoms with E-state index < -0.39 is 5.82 Å². The highest BCUT2D eigenvalue weighted by atomic mass is 19.1. The molecule has 1 amide bonds. The quantitative estimate of drug-likeness (QED) is 0.873. The molecular weight excluding hydrogens is 233 g/mol. The van der Waals surface area contributed by atoms with Crippen LogP contribution in [0.1, 0.15) is 5.56 Å². The lowest BCUT2D eigenvalue weighted by molar-refractivity contribution is -0.115. The Kier molecular flexibility index (Phi) is 3.57. The largest absolute Gasteiger partial charge is 0.508 e. The molecule has 2 rings (SSSR count). The fourth-order valence-electron chi connectivity index (χ4n) is 1.59. The maximum atomic E-state index is 13.3. The standard InChI is InChI=1S/C14H12FNO2/c15-11-6-2-3-7-12(11)16-14(18)9-10-5-1-4-8-13(10)17/h1-8,17H,9H2,(H,16,18). The SMILES string of the molecule is O=C(Cc1ccccc1O)Nc1ccccc1F. The van der Waals surface area contributed by atoms with Crippen molar-refractivity contribution < 1.29 is 14.3 Å². The third-order valence-corrected chi connectivity index (χ3v) is 2.49. The summed E-state index contributed by atoms with van der Waals surface area (Å²) in [6, 6.07) is 12.5. The number of rotatable bonds is 3. The van der Waals surface area contributed by atoms with Crippen LogP contribution >= 0.6 is 0 Å². The number of halogens is 1. The van der Waals surface area contributed by atoms with E-state index >= 15 is 0 Å². The number of phenols is 1. The van der Waals surface area contributed by atoms with Crippen molar-refractivity contribution in [1.29, 1.82) is 0 Å². The average Bonchev–Trinajstić information content (AvgIpc) is 2.35. The summed E-state index contributed by atoms with van der Waals surface area (Å²) < 4.78 is 13.3. The average molecular weight is 245 g/mol. The molecule has 0 aliphatic heterocycles. The molecule has 2 N–H and O–H groups in total. The number of para-hydroxylation sites is 2. The Balaban J connectivity index is 2.06. The lowest BCUT2D eigenvalue weighted by Crippen LogP contribution is -2.15. The highest BCUT2D eigenvalue weighted by Crippen LogP contribution is 2.17. The Labute approximate surface area is 104 Å². The van der Waals surface area contributed by atoms with Crippen molar-refractivity contribution in [2.24, 2.45) is 0 Å². The van der Waals surface area contributed by atoms with Gasteiger partial charge in [0.05, 0.1) is 12.1 Å². The van der Waals surface area contributed by atoms with Gasteiger partial charge in [-0.3, -0.25) is 4.79 Å². The van der Waals surface area contributed by atoms with Crippen LogP contribution in [0, 0.1) is 5.82 Å². The molecule has 2 aromatic carbocycles. The van der Waals surface area contributed by atoms with Gasteiger partial charge in [-0.1, -0.05) is 30.3 Å².